The highest BCUT2D eigenvalue weighted by Gasteiger charge is 1.90. The Bertz CT molecular complexity index is 220. The molecular weight excluding hydrogens is 130 g/mol. The Morgan fingerprint density at radius 1 is 1.44 bits per heavy atom. The highest BCUT2D eigenvalue weighted by molar-refractivity contribution is 7.80. The molecule has 0 fully saturated rings. The zero-order valence-corrected chi connectivity index (χ0v) is 6.15. The van der Waals surface area contributed by atoms with Gasteiger partial charge < -0.3 is 5.73 Å². The Morgan fingerprint density at radius 3 is 2.56 bits per heavy atom. The van der Waals surface area contributed by atoms with Crippen LogP contribution >= 0.6 is 12.6 Å². The molecule has 0 saturated heterocycles. The minimum atomic E-state index is 0.748. The van der Waals surface area contributed by atoms with Crippen LogP contribution in [0.25, 0.3) is 0 Å². The van der Waals surface area contributed by atoms with Crippen LogP contribution in [0.4, 0.5) is 5.69 Å². The van der Waals surface area contributed by atoms with Gasteiger partial charge in [-0.05, 0) is 24.6 Å². The average Bonchev–Trinajstić information content (AvgIpc) is 1.80. The Kier molecular flexibility index (Phi) is 1.67. The lowest BCUT2D eigenvalue weighted by molar-refractivity contribution is 1.39. The van der Waals surface area contributed by atoms with Crippen LogP contribution in [-0.4, -0.2) is 0 Å². The van der Waals surface area contributed by atoms with Gasteiger partial charge >= 0.3 is 0 Å². The second-order valence-corrected chi connectivity index (χ2v) is 2.54. The van der Waals surface area contributed by atoms with Crippen molar-refractivity contribution in [2.24, 2.45) is 0 Å². The number of hydrogen-bond donors (Lipinski definition) is 2. The van der Waals surface area contributed by atoms with Crippen LogP contribution in [-0.2, 0) is 0 Å². The smallest absolute Gasteiger partial charge is 0.0452 e. The summed E-state index contributed by atoms with van der Waals surface area (Å²) in [6.07, 6.45) is 0. The number of benzene rings is 1. The zero-order chi connectivity index (χ0) is 6.85. The van der Waals surface area contributed by atoms with Crippen LogP contribution in [0.15, 0.2) is 23.1 Å². The van der Waals surface area contributed by atoms with Crippen LogP contribution in [0.3, 0.4) is 0 Å². The fourth-order valence-electron chi connectivity index (χ4n) is 0.674. The summed E-state index contributed by atoms with van der Waals surface area (Å²) >= 11 is 4.12. The fourth-order valence-corrected chi connectivity index (χ4v) is 0.813. The lowest BCUT2D eigenvalue weighted by Crippen LogP contribution is -1.86. The van der Waals surface area contributed by atoms with Crippen molar-refractivity contribution in [1.82, 2.24) is 0 Å². The molecule has 1 nitrogen and oxygen atoms in total. The molecule has 0 spiro atoms. The summed E-state index contributed by atoms with van der Waals surface area (Å²) < 4.78 is 0. The summed E-state index contributed by atoms with van der Waals surface area (Å²) in [5.74, 6) is 0. The Morgan fingerprint density at radius 2 is 2.11 bits per heavy atom. The van der Waals surface area contributed by atoms with Crippen LogP contribution in [0.1, 0.15) is 5.56 Å². The molecule has 0 atom stereocenters. The molecule has 0 saturated carbocycles. The molecule has 2 N–H and O–H groups in total. The first kappa shape index (κ1) is 6.49. The van der Waals surface area contributed by atoms with E-state index in [9.17, 15) is 0 Å². The van der Waals surface area contributed by atoms with Crippen LogP contribution in [0, 0.1) is 6.92 Å². The maximum Gasteiger partial charge on any atom is 0.0452 e. The summed E-state index contributed by atoms with van der Waals surface area (Å²) in [5.41, 5.74) is 7.46. The first-order valence-corrected chi connectivity index (χ1v) is 3.20. The quantitative estimate of drug-likeness (QED) is 0.416. The van der Waals surface area contributed by atoms with Gasteiger partial charge in [-0.15, -0.1) is 12.6 Å². The molecule has 0 amide bonds. The predicted molar refractivity (Wildman–Crippen MR) is 42.8 cm³/mol. The minimum Gasteiger partial charge on any atom is -0.398 e. The lowest BCUT2D eigenvalue weighted by Gasteiger charge is -1.97. The Hall–Kier alpha value is -0.630. The summed E-state index contributed by atoms with van der Waals surface area (Å²) in [6, 6.07) is 5.79. The number of nitrogens with two attached hydrogens (primary N) is 1. The van der Waals surface area contributed by atoms with E-state index in [0.29, 0.717) is 0 Å². The fraction of sp³-hybridized carbons (Fsp3) is 0.143. The monoisotopic (exact) mass is 139 g/mol. The van der Waals surface area contributed by atoms with Gasteiger partial charge in [0.05, 0.1) is 0 Å². The van der Waals surface area contributed by atoms with E-state index in [1.165, 1.54) is 5.56 Å². The van der Waals surface area contributed by atoms with E-state index in [2.05, 4.69) is 12.6 Å². The molecule has 0 unspecified atom stereocenters. The topological polar surface area (TPSA) is 26.0 Å². The van der Waals surface area contributed by atoms with Gasteiger partial charge in [0, 0.05) is 10.6 Å². The lowest BCUT2D eigenvalue weighted by atomic mass is 10.2. The number of aryl methyl sites for hydroxylation is 1. The standard InChI is InChI=1S/C7H9NS/c1-5-2-3-7(9)6(8)4-5/h2-4,9H,8H2,1H3. The number of rotatable bonds is 0. The summed E-state index contributed by atoms with van der Waals surface area (Å²) in [7, 11) is 0. The molecule has 0 aliphatic carbocycles. The van der Waals surface area contributed by atoms with Gasteiger partial charge in [0.2, 0.25) is 0 Å². The Labute approximate surface area is 60.3 Å². The number of thiol groups is 1. The second-order valence-electron chi connectivity index (χ2n) is 2.06. The third kappa shape index (κ3) is 1.39. The van der Waals surface area contributed by atoms with Gasteiger partial charge in [0.1, 0.15) is 0 Å². The van der Waals surface area contributed by atoms with E-state index in [0.717, 1.165) is 10.6 Å². The maximum absolute atomic E-state index is 5.54. The molecule has 48 valence electrons. The molecule has 0 aromatic heterocycles. The van der Waals surface area contributed by atoms with Gasteiger partial charge in [0.15, 0.2) is 0 Å². The first-order chi connectivity index (χ1) is 4.20. The van der Waals surface area contributed by atoms with E-state index in [1.807, 2.05) is 25.1 Å². The van der Waals surface area contributed by atoms with E-state index in [4.69, 9.17) is 5.73 Å². The molecule has 2 heteroatoms. The molecule has 9 heavy (non-hydrogen) atoms. The zero-order valence-electron chi connectivity index (χ0n) is 5.26. The van der Waals surface area contributed by atoms with Crippen molar-refractivity contribution in [3.8, 4) is 0 Å². The molecule has 1 aromatic rings. The number of nitrogen functional groups attached to an aromatic ring is 1. The van der Waals surface area contributed by atoms with Crippen LogP contribution < -0.4 is 5.73 Å². The molecule has 1 rings (SSSR count). The second kappa shape index (κ2) is 2.31. The van der Waals surface area contributed by atoms with E-state index >= 15 is 0 Å². The van der Waals surface area contributed by atoms with Crippen molar-refractivity contribution < 1.29 is 0 Å². The van der Waals surface area contributed by atoms with Gasteiger partial charge in [-0.25, -0.2) is 0 Å². The maximum atomic E-state index is 5.54. The summed E-state index contributed by atoms with van der Waals surface area (Å²) in [6.45, 7) is 2.00. The van der Waals surface area contributed by atoms with E-state index < -0.39 is 0 Å². The van der Waals surface area contributed by atoms with Crippen molar-refractivity contribution >= 4 is 18.3 Å². The van der Waals surface area contributed by atoms with Gasteiger partial charge in [-0.1, -0.05) is 6.07 Å². The number of hydrogen-bond acceptors (Lipinski definition) is 2. The normalized spacial score (nSPS) is 9.56. The third-order valence-electron chi connectivity index (χ3n) is 1.18. The average molecular weight is 139 g/mol. The molecule has 0 bridgehead atoms. The number of anilines is 1. The van der Waals surface area contributed by atoms with Crippen molar-refractivity contribution in [3.05, 3.63) is 23.8 Å². The summed E-state index contributed by atoms with van der Waals surface area (Å²) in [4.78, 5) is 0.848. The highest BCUT2D eigenvalue weighted by Crippen LogP contribution is 2.16. The van der Waals surface area contributed by atoms with Crippen molar-refractivity contribution in [2.75, 3.05) is 5.73 Å². The molecule has 0 aliphatic heterocycles. The molecule has 0 heterocycles. The van der Waals surface area contributed by atoms with Gasteiger partial charge in [0.25, 0.3) is 0 Å². The molecule has 0 aliphatic rings. The summed E-state index contributed by atoms with van der Waals surface area (Å²) in [5, 5.41) is 0. The van der Waals surface area contributed by atoms with Crippen LogP contribution in [0.2, 0.25) is 0 Å². The van der Waals surface area contributed by atoms with Crippen molar-refractivity contribution in [2.45, 2.75) is 11.8 Å². The Balaban J connectivity index is 3.17. The van der Waals surface area contributed by atoms with Crippen LogP contribution in [0.5, 0.6) is 0 Å². The minimum absolute atomic E-state index is 0.748. The van der Waals surface area contributed by atoms with E-state index in [-0.39, 0.29) is 0 Å². The largest absolute Gasteiger partial charge is 0.398 e. The van der Waals surface area contributed by atoms with Gasteiger partial charge in [-0.2, -0.15) is 0 Å². The molecule has 0 radical (unpaired) electrons. The predicted octanol–water partition coefficient (Wildman–Crippen LogP) is 1.87. The van der Waals surface area contributed by atoms with Crippen molar-refractivity contribution in [1.29, 1.82) is 0 Å². The molecule has 1 aromatic carbocycles. The first-order valence-electron chi connectivity index (χ1n) is 2.75. The SMILES string of the molecule is Cc1ccc(S)c(N)c1. The van der Waals surface area contributed by atoms with E-state index in [1.54, 1.807) is 0 Å². The van der Waals surface area contributed by atoms with Crippen molar-refractivity contribution in [3.63, 3.8) is 0 Å². The van der Waals surface area contributed by atoms with Gasteiger partial charge in [-0.3, -0.25) is 0 Å². The molecular formula is C7H9NS. The third-order valence-corrected chi connectivity index (χ3v) is 1.59. The highest BCUT2D eigenvalue weighted by atomic mass is 32.1.